The Morgan fingerprint density at radius 2 is 0.920 bits per heavy atom. The Kier molecular flexibility index (Phi) is 14.5. The van der Waals surface area contributed by atoms with E-state index >= 15 is 0 Å². The molecule has 2 saturated heterocycles. The monoisotopic (exact) mass is 730 g/mol. The number of nitrogens with zero attached hydrogens (tertiary/aromatic N) is 2. The van der Waals surface area contributed by atoms with Crippen LogP contribution in [0.25, 0.3) is 0 Å². The van der Waals surface area contributed by atoms with E-state index < -0.39 is 59.8 Å². The molecule has 2 N–H and O–H groups in total. The molecular weight excluding hydrogens is 697 g/mol. The fourth-order valence-electron chi connectivity index (χ4n) is 4.38. The molecule has 0 spiro atoms. The largest absolute Gasteiger partial charge is 0.445 e. The molecule has 2 fully saturated rings. The van der Waals surface area contributed by atoms with Crippen LogP contribution in [0.3, 0.4) is 0 Å². The molecule has 266 valence electrons. The van der Waals surface area contributed by atoms with E-state index in [0.29, 0.717) is 21.3 Å². The summed E-state index contributed by atoms with van der Waals surface area (Å²) in [5, 5.41) is 5.59. The number of rotatable bonds is 17. The van der Waals surface area contributed by atoms with Gasteiger partial charge in [-0.15, -0.1) is 10.1 Å². The van der Waals surface area contributed by atoms with Crippen molar-refractivity contribution in [1.29, 1.82) is 0 Å². The van der Waals surface area contributed by atoms with Crippen molar-refractivity contribution in [3.05, 3.63) is 71.8 Å². The lowest BCUT2D eigenvalue weighted by Gasteiger charge is -2.20. The van der Waals surface area contributed by atoms with Gasteiger partial charge in [0, 0.05) is 37.2 Å². The Morgan fingerprint density at radius 3 is 1.26 bits per heavy atom. The lowest BCUT2D eigenvalue weighted by Crippen LogP contribution is -2.46. The smallest absolute Gasteiger partial charge is 0.408 e. The minimum atomic E-state index is -1.29. The van der Waals surface area contributed by atoms with Crippen molar-refractivity contribution in [2.45, 2.75) is 63.8 Å². The number of nitrogens with one attached hydrogen (secondary N) is 2. The molecule has 2 heterocycles. The Balaban J connectivity index is 1.28. The van der Waals surface area contributed by atoms with Gasteiger partial charge in [0.05, 0.1) is 0 Å². The van der Waals surface area contributed by atoms with Crippen molar-refractivity contribution < 1.29 is 57.5 Å². The first-order valence-corrected chi connectivity index (χ1v) is 17.9. The number of hydrogen-bond donors (Lipinski definition) is 2. The molecule has 2 aromatic carbocycles. The summed E-state index contributed by atoms with van der Waals surface area (Å²) >= 11 is 0. The van der Waals surface area contributed by atoms with Crippen molar-refractivity contribution in [3.63, 3.8) is 0 Å². The predicted octanol–water partition coefficient (Wildman–Crippen LogP) is 2.95. The van der Waals surface area contributed by atoms with E-state index in [2.05, 4.69) is 10.6 Å². The standard InChI is InChI=1S/C32H34N4O12S2/c37-25-11-12-26(38)35(25)47-29(41)23(33-31(43)45-19-21-7-3-1-4-8-21)15-17-49-50-18-16-24(30(42)48-36-27(39)13-14-28(36)40)34-32(44)46-20-22-9-5-2-6-10-22/h1-10,23-24H,11-20H2,(H,33,43)(H,34,44). The molecule has 2 unspecified atom stereocenters. The molecule has 2 aliphatic heterocycles. The molecule has 2 aromatic rings. The third kappa shape index (κ3) is 11.8. The number of alkyl carbamates (subject to hydrolysis) is 2. The van der Waals surface area contributed by atoms with Crippen LogP contribution >= 0.6 is 21.6 Å². The number of amides is 6. The SMILES string of the molecule is O=C(NC(CCSSCCC(NC(=O)OCc1ccccc1)C(=O)ON1C(=O)CCC1=O)C(=O)ON1C(=O)CCC1=O)OCc1ccccc1. The number of hydrogen-bond acceptors (Lipinski definition) is 14. The first-order chi connectivity index (χ1) is 24.1. The van der Waals surface area contributed by atoms with Crippen molar-refractivity contribution >= 4 is 69.3 Å². The van der Waals surface area contributed by atoms with Crippen LogP contribution in [0.5, 0.6) is 0 Å². The van der Waals surface area contributed by atoms with Crippen LogP contribution in [-0.4, -0.2) is 81.5 Å². The molecule has 0 radical (unpaired) electrons. The van der Waals surface area contributed by atoms with Gasteiger partial charge in [-0.05, 0) is 24.0 Å². The fraction of sp³-hybridized carbons (Fsp3) is 0.375. The molecular formula is C32H34N4O12S2. The van der Waals surface area contributed by atoms with Crippen molar-refractivity contribution in [1.82, 2.24) is 20.8 Å². The van der Waals surface area contributed by atoms with E-state index in [0.717, 1.165) is 0 Å². The van der Waals surface area contributed by atoms with Crippen LogP contribution in [0.15, 0.2) is 60.7 Å². The Labute approximate surface area is 294 Å². The molecule has 0 saturated carbocycles. The zero-order valence-electron chi connectivity index (χ0n) is 26.6. The third-order valence-corrected chi connectivity index (χ3v) is 9.49. The van der Waals surface area contributed by atoms with Gasteiger partial charge in [0.2, 0.25) is 0 Å². The van der Waals surface area contributed by atoms with Crippen LogP contribution in [0.2, 0.25) is 0 Å². The second-order valence-corrected chi connectivity index (χ2v) is 13.4. The molecule has 2 aliphatic rings. The van der Waals surface area contributed by atoms with Gasteiger partial charge in [-0.25, -0.2) is 19.2 Å². The van der Waals surface area contributed by atoms with Crippen molar-refractivity contribution in [2.24, 2.45) is 0 Å². The summed E-state index contributed by atoms with van der Waals surface area (Å²) in [6, 6.07) is 15.1. The van der Waals surface area contributed by atoms with E-state index in [1.54, 1.807) is 60.7 Å². The predicted molar refractivity (Wildman–Crippen MR) is 176 cm³/mol. The molecule has 0 aromatic heterocycles. The van der Waals surface area contributed by atoms with Gasteiger partial charge < -0.3 is 29.8 Å². The lowest BCUT2D eigenvalue weighted by molar-refractivity contribution is -0.199. The normalized spacial score (nSPS) is 15.4. The Bertz CT molecular complexity index is 1420. The van der Waals surface area contributed by atoms with Gasteiger partial charge in [-0.2, -0.15) is 0 Å². The van der Waals surface area contributed by atoms with Gasteiger partial charge in [-0.1, -0.05) is 82.3 Å². The fourth-order valence-corrected chi connectivity index (χ4v) is 6.57. The number of ether oxygens (including phenoxy) is 2. The Morgan fingerprint density at radius 1 is 0.580 bits per heavy atom. The van der Waals surface area contributed by atoms with Gasteiger partial charge in [0.15, 0.2) is 0 Å². The quantitative estimate of drug-likeness (QED) is 0.137. The van der Waals surface area contributed by atoms with Crippen molar-refractivity contribution in [2.75, 3.05) is 11.5 Å². The van der Waals surface area contributed by atoms with Crippen molar-refractivity contribution in [3.8, 4) is 0 Å². The number of hydroxylamine groups is 4. The van der Waals surface area contributed by atoms with E-state index in [-0.39, 0.29) is 63.2 Å². The van der Waals surface area contributed by atoms with E-state index in [1.165, 1.54) is 21.6 Å². The van der Waals surface area contributed by atoms with E-state index in [9.17, 15) is 38.4 Å². The molecule has 2 atom stereocenters. The van der Waals surface area contributed by atoms with E-state index in [1.807, 2.05) is 0 Å². The molecule has 18 heteroatoms. The van der Waals surface area contributed by atoms with Crippen LogP contribution in [0.1, 0.15) is 49.7 Å². The summed E-state index contributed by atoms with van der Waals surface area (Å²) in [6.07, 6.45) is -2.25. The lowest BCUT2D eigenvalue weighted by atomic mass is 10.2. The average molecular weight is 731 g/mol. The highest BCUT2D eigenvalue weighted by Gasteiger charge is 2.37. The molecule has 50 heavy (non-hydrogen) atoms. The highest BCUT2D eigenvalue weighted by Crippen LogP contribution is 2.25. The average Bonchev–Trinajstić information content (AvgIpc) is 3.61. The third-order valence-electron chi connectivity index (χ3n) is 7.02. The molecule has 0 bridgehead atoms. The maximum Gasteiger partial charge on any atom is 0.408 e. The summed E-state index contributed by atoms with van der Waals surface area (Å²) in [4.78, 5) is 109. The minimum absolute atomic E-state index is 0.00186. The van der Waals surface area contributed by atoms with Gasteiger partial charge >= 0.3 is 24.1 Å². The number of carbonyl (C=O) groups is 8. The summed E-state index contributed by atoms with van der Waals surface area (Å²) < 4.78 is 10.4. The first-order valence-electron chi connectivity index (χ1n) is 15.4. The van der Waals surface area contributed by atoms with Crippen LogP contribution in [-0.2, 0) is 61.1 Å². The van der Waals surface area contributed by atoms with Crippen LogP contribution in [0, 0.1) is 0 Å². The second kappa shape index (κ2) is 19.2. The van der Waals surface area contributed by atoms with Gasteiger partial charge in [0.1, 0.15) is 25.3 Å². The van der Waals surface area contributed by atoms with E-state index in [4.69, 9.17) is 19.1 Å². The number of imide groups is 2. The zero-order chi connectivity index (χ0) is 35.9. The molecule has 6 amide bonds. The molecule has 4 rings (SSSR count). The molecule has 16 nitrogen and oxygen atoms in total. The maximum atomic E-state index is 12.9. The second-order valence-electron chi connectivity index (χ2n) is 10.7. The van der Waals surface area contributed by atoms with Gasteiger partial charge in [-0.3, -0.25) is 19.2 Å². The number of benzene rings is 2. The molecule has 0 aliphatic carbocycles. The van der Waals surface area contributed by atoms with Crippen LogP contribution in [0.4, 0.5) is 9.59 Å². The topological polar surface area (TPSA) is 204 Å². The summed E-state index contributed by atoms with van der Waals surface area (Å²) in [7, 11) is 2.50. The minimum Gasteiger partial charge on any atom is -0.445 e. The summed E-state index contributed by atoms with van der Waals surface area (Å²) in [6.45, 7) is -0.140. The first kappa shape index (κ1) is 37.7. The zero-order valence-corrected chi connectivity index (χ0v) is 28.2. The summed E-state index contributed by atoms with van der Waals surface area (Å²) in [5.74, 6) is -4.31. The van der Waals surface area contributed by atoms with Gasteiger partial charge in [0.25, 0.3) is 23.6 Å². The maximum absolute atomic E-state index is 12.9. The summed E-state index contributed by atoms with van der Waals surface area (Å²) in [5.41, 5.74) is 1.42. The number of carbonyl (C=O) groups excluding carboxylic acids is 8. The highest BCUT2D eigenvalue weighted by molar-refractivity contribution is 8.76. The Hall–Kier alpha value is -5.10. The van der Waals surface area contributed by atoms with Crippen LogP contribution < -0.4 is 10.6 Å². The highest BCUT2D eigenvalue weighted by atomic mass is 33.1.